The van der Waals surface area contributed by atoms with Gasteiger partial charge in [-0.3, -0.25) is 9.78 Å². The largest absolute Gasteiger partial charge is 0.370 e. The van der Waals surface area contributed by atoms with Crippen LogP contribution in [-0.4, -0.2) is 35.5 Å². The smallest absolute Gasteiger partial charge is 0.271 e. The molecule has 0 fully saturated rings. The van der Waals surface area contributed by atoms with E-state index in [2.05, 4.69) is 27.1 Å². The van der Waals surface area contributed by atoms with E-state index in [9.17, 15) is 4.79 Å². The van der Waals surface area contributed by atoms with Crippen LogP contribution in [0.4, 0.5) is 5.69 Å². The summed E-state index contributed by atoms with van der Waals surface area (Å²) < 4.78 is 0. The standard InChI is InChI=1S/C16H20N4O/c1-12-9-18-15(11-17-12)16(21)19-10-13(2)20(3)14-7-5-4-6-8-14/h4-9,11,13H,10H2,1-3H3,(H,19,21)/t13-/m0/s1. The van der Waals surface area contributed by atoms with Crippen molar-refractivity contribution in [3.05, 3.63) is 54.1 Å². The first-order valence-corrected chi connectivity index (χ1v) is 6.92. The van der Waals surface area contributed by atoms with Gasteiger partial charge in [-0.25, -0.2) is 4.98 Å². The Kier molecular flexibility index (Phi) is 4.87. The van der Waals surface area contributed by atoms with Crippen LogP contribution < -0.4 is 10.2 Å². The molecule has 0 radical (unpaired) electrons. The number of rotatable bonds is 5. The summed E-state index contributed by atoms with van der Waals surface area (Å²) in [6, 6.07) is 10.3. The molecule has 0 aliphatic heterocycles. The van der Waals surface area contributed by atoms with Crippen molar-refractivity contribution < 1.29 is 4.79 Å². The van der Waals surface area contributed by atoms with E-state index >= 15 is 0 Å². The highest BCUT2D eigenvalue weighted by Gasteiger charge is 2.13. The number of carbonyl (C=O) groups is 1. The van der Waals surface area contributed by atoms with Crippen LogP contribution in [-0.2, 0) is 0 Å². The van der Waals surface area contributed by atoms with Gasteiger partial charge in [0.2, 0.25) is 0 Å². The fraction of sp³-hybridized carbons (Fsp3) is 0.312. The molecule has 2 rings (SSSR count). The van der Waals surface area contributed by atoms with Crippen molar-refractivity contribution in [2.75, 3.05) is 18.5 Å². The monoisotopic (exact) mass is 284 g/mol. The first-order valence-electron chi connectivity index (χ1n) is 6.92. The predicted octanol–water partition coefficient (Wildman–Crippen LogP) is 2.04. The highest BCUT2D eigenvalue weighted by molar-refractivity contribution is 5.91. The molecule has 0 spiro atoms. The van der Waals surface area contributed by atoms with Gasteiger partial charge in [0.15, 0.2) is 0 Å². The van der Waals surface area contributed by atoms with Gasteiger partial charge in [-0.05, 0) is 26.0 Å². The number of carbonyl (C=O) groups excluding carboxylic acids is 1. The lowest BCUT2D eigenvalue weighted by Gasteiger charge is -2.27. The van der Waals surface area contributed by atoms with Crippen molar-refractivity contribution in [2.45, 2.75) is 19.9 Å². The molecule has 1 aromatic carbocycles. The Labute approximate surface area is 125 Å². The SMILES string of the molecule is Cc1cnc(C(=O)NC[C@H](C)N(C)c2ccccc2)cn1. The van der Waals surface area contributed by atoms with E-state index in [-0.39, 0.29) is 11.9 Å². The van der Waals surface area contributed by atoms with Crippen LogP contribution in [0.5, 0.6) is 0 Å². The van der Waals surface area contributed by atoms with Gasteiger partial charge in [0.1, 0.15) is 5.69 Å². The summed E-state index contributed by atoms with van der Waals surface area (Å²) in [5.74, 6) is -0.198. The molecular weight excluding hydrogens is 264 g/mol. The first-order chi connectivity index (χ1) is 10.1. The number of anilines is 1. The van der Waals surface area contributed by atoms with Crippen LogP contribution in [0, 0.1) is 6.92 Å². The Morgan fingerprint density at radius 2 is 1.95 bits per heavy atom. The molecule has 0 unspecified atom stereocenters. The quantitative estimate of drug-likeness (QED) is 0.913. The lowest BCUT2D eigenvalue weighted by molar-refractivity contribution is 0.0946. The molecule has 0 aliphatic rings. The number of amides is 1. The minimum absolute atomic E-state index is 0.176. The molecule has 1 atom stereocenters. The van der Waals surface area contributed by atoms with E-state index in [0.29, 0.717) is 12.2 Å². The predicted molar refractivity (Wildman–Crippen MR) is 83.4 cm³/mol. The maximum Gasteiger partial charge on any atom is 0.271 e. The molecule has 0 saturated heterocycles. The minimum Gasteiger partial charge on any atom is -0.370 e. The maximum atomic E-state index is 12.0. The molecular formula is C16H20N4O. The number of aryl methyl sites for hydroxylation is 1. The van der Waals surface area contributed by atoms with Crippen molar-refractivity contribution in [2.24, 2.45) is 0 Å². The zero-order chi connectivity index (χ0) is 15.2. The number of likely N-dealkylation sites (N-methyl/N-ethyl adjacent to an activating group) is 1. The van der Waals surface area contributed by atoms with E-state index in [4.69, 9.17) is 0 Å². The van der Waals surface area contributed by atoms with Crippen LogP contribution in [0.2, 0.25) is 0 Å². The van der Waals surface area contributed by atoms with E-state index in [1.165, 1.54) is 6.20 Å². The Hall–Kier alpha value is -2.43. The van der Waals surface area contributed by atoms with Gasteiger partial charge in [0.05, 0.1) is 11.9 Å². The Morgan fingerprint density at radius 1 is 1.24 bits per heavy atom. The molecule has 21 heavy (non-hydrogen) atoms. The van der Waals surface area contributed by atoms with Gasteiger partial charge in [-0.15, -0.1) is 0 Å². The molecule has 1 amide bonds. The van der Waals surface area contributed by atoms with Gasteiger partial charge >= 0.3 is 0 Å². The summed E-state index contributed by atoms with van der Waals surface area (Å²) >= 11 is 0. The van der Waals surface area contributed by atoms with Gasteiger partial charge in [0.25, 0.3) is 5.91 Å². The van der Waals surface area contributed by atoms with Crippen LogP contribution in [0.3, 0.4) is 0 Å². The number of nitrogens with one attached hydrogen (secondary N) is 1. The molecule has 110 valence electrons. The van der Waals surface area contributed by atoms with Crippen molar-refractivity contribution in [1.29, 1.82) is 0 Å². The normalized spacial score (nSPS) is 11.8. The summed E-state index contributed by atoms with van der Waals surface area (Å²) in [5, 5.41) is 2.89. The fourth-order valence-electron chi connectivity index (χ4n) is 1.90. The van der Waals surface area contributed by atoms with Gasteiger partial charge in [0, 0.05) is 31.5 Å². The average Bonchev–Trinajstić information content (AvgIpc) is 2.53. The molecule has 5 nitrogen and oxygen atoms in total. The Balaban J connectivity index is 1.90. The van der Waals surface area contributed by atoms with Crippen LogP contribution in [0.1, 0.15) is 23.1 Å². The highest BCUT2D eigenvalue weighted by Crippen LogP contribution is 2.13. The molecule has 0 saturated carbocycles. The van der Waals surface area contributed by atoms with E-state index in [1.54, 1.807) is 6.20 Å². The summed E-state index contributed by atoms with van der Waals surface area (Å²) in [6.07, 6.45) is 3.09. The zero-order valence-corrected chi connectivity index (χ0v) is 12.6. The topological polar surface area (TPSA) is 58.1 Å². The zero-order valence-electron chi connectivity index (χ0n) is 12.6. The summed E-state index contributed by atoms with van der Waals surface area (Å²) in [5.41, 5.74) is 2.26. The van der Waals surface area contributed by atoms with E-state index < -0.39 is 0 Å². The first kappa shape index (κ1) is 15.0. The molecule has 1 aromatic heterocycles. The number of aromatic nitrogens is 2. The third kappa shape index (κ3) is 4.02. The molecule has 0 bridgehead atoms. The number of para-hydroxylation sites is 1. The Bertz CT molecular complexity index is 583. The second-order valence-electron chi connectivity index (χ2n) is 5.05. The van der Waals surface area contributed by atoms with Gasteiger partial charge in [-0.1, -0.05) is 18.2 Å². The summed E-state index contributed by atoms with van der Waals surface area (Å²) in [6.45, 7) is 4.44. The summed E-state index contributed by atoms with van der Waals surface area (Å²) in [7, 11) is 2.01. The van der Waals surface area contributed by atoms with Crippen molar-refractivity contribution >= 4 is 11.6 Å². The third-order valence-corrected chi connectivity index (χ3v) is 3.40. The van der Waals surface area contributed by atoms with E-state index in [0.717, 1.165) is 11.4 Å². The highest BCUT2D eigenvalue weighted by atomic mass is 16.1. The van der Waals surface area contributed by atoms with Gasteiger partial charge in [-0.2, -0.15) is 0 Å². The second-order valence-corrected chi connectivity index (χ2v) is 5.05. The number of nitrogens with zero attached hydrogens (tertiary/aromatic N) is 3. The van der Waals surface area contributed by atoms with Crippen LogP contribution in [0.15, 0.2) is 42.7 Å². The molecule has 2 aromatic rings. The molecule has 5 heteroatoms. The van der Waals surface area contributed by atoms with Crippen LogP contribution >= 0.6 is 0 Å². The molecule has 1 N–H and O–H groups in total. The van der Waals surface area contributed by atoms with Gasteiger partial charge < -0.3 is 10.2 Å². The van der Waals surface area contributed by atoms with Crippen molar-refractivity contribution in [1.82, 2.24) is 15.3 Å². The fourth-order valence-corrected chi connectivity index (χ4v) is 1.90. The number of hydrogen-bond donors (Lipinski definition) is 1. The number of hydrogen-bond acceptors (Lipinski definition) is 4. The lowest BCUT2D eigenvalue weighted by Crippen LogP contribution is -2.40. The minimum atomic E-state index is -0.198. The van der Waals surface area contributed by atoms with Crippen molar-refractivity contribution in [3.8, 4) is 0 Å². The van der Waals surface area contributed by atoms with Crippen molar-refractivity contribution in [3.63, 3.8) is 0 Å². The third-order valence-electron chi connectivity index (χ3n) is 3.40. The lowest BCUT2D eigenvalue weighted by atomic mass is 10.2. The second kappa shape index (κ2) is 6.83. The average molecular weight is 284 g/mol. The summed E-state index contributed by atoms with van der Waals surface area (Å²) in [4.78, 5) is 22.3. The molecule has 1 heterocycles. The Morgan fingerprint density at radius 3 is 2.57 bits per heavy atom. The van der Waals surface area contributed by atoms with E-state index in [1.807, 2.05) is 44.3 Å². The van der Waals surface area contributed by atoms with Crippen LogP contribution in [0.25, 0.3) is 0 Å². The number of benzene rings is 1. The maximum absolute atomic E-state index is 12.0. The molecule has 0 aliphatic carbocycles.